The number of halogens is 1. The van der Waals surface area contributed by atoms with E-state index in [2.05, 4.69) is 15.2 Å². The first-order chi connectivity index (χ1) is 13.9. The summed E-state index contributed by atoms with van der Waals surface area (Å²) < 4.78 is 13.7. The van der Waals surface area contributed by atoms with Gasteiger partial charge < -0.3 is 15.2 Å². The van der Waals surface area contributed by atoms with E-state index in [-0.39, 0.29) is 17.5 Å². The Morgan fingerprint density at radius 3 is 2.76 bits per heavy atom. The number of anilines is 1. The van der Waals surface area contributed by atoms with Gasteiger partial charge in [0, 0.05) is 42.0 Å². The van der Waals surface area contributed by atoms with Crippen LogP contribution in [0.15, 0.2) is 18.2 Å². The van der Waals surface area contributed by atoms with Gasteiger partial charge in [0.05, 0.1) is 5.57 Å². The van der Waals surface area contributed by atoms with E-state index in [1.165, 1.54) is 25.0 Å². The average Bonchev–Trinajstić information content (AvgIpc) is 3.37. The fraction of sp³-hybridized carbons (Fsp3) is 0.391. The predicted octanol–water partition coefficient (Wildman–Crippen LogP) is 3.86. The minimum Gasteiger partial charge on any atom is -0.359 e. The molecule has 0 saturated carbocycles. The molecule has 1 saturated heterocycles. The Morgan fingerprint density at radius 1 is 1.24 bits per heavy atom. The molecule has 0 aliphatic carbocycles. The summed E-state index contributed by atoms with van der Waals surface area (Å²) in [4.78, 5) is 30.5. The number of aromatic nitrogens is 1. The molecule has 1 aromatic carbocycles. The van der Waals surface area contributed by atoms with E-state index in [4.69, 9.17) is 0 Å². The topological polar surface area (TPSA) is 65.2 Å². The number of likely N-dealkylation sites (tertiary alicyclic amines) is 1. The second-order valence-corrected chi connectivity index (χ2v) is 7.98. The number of nitrogens with one attached hydrogen (secondary N) is 2. The van der Waals surface area contributed by atoms with E-state index in [1.807, 2.05) is 13.8 Å². The monoisotopic (exact) mass is 395 g/mol. The molecule has 0 spiro atoms. The second-order valence-electron chi connectivity index (χ2n) is 7.98. The van der Waals surface area contributed by atoms with Crippen LogP contribution in [0.2, 0.25) is 0 Å². The van der Waals surface area contributed by atoms with Gasteiger partial charge >= 0.3 is 0 Å². The average molecular weight is 395 g/mol. The van der Waals surface area contributed by atoms with Crippen LogP contribution < -0.4 is 5.32 Å². The summed E-state index contributed by atoms with van der Waals surface area (Å²) in [5, 5.41) is 2.76. The van der Waals surface area contributed by atoms with Crippen LogP contribution in [0.5, 0.6) is 0 Å². The molecule has 1 aromatic heterocycles. The van der Waals surface area contributed by atoms with E-state index in [9.17, 15) is 14.0 Å². The lowest BCUT2D eigenvalue weighted by Crippen LogP contribution is -2.23. The summed E-state index contributed by atoms with van der Waals surface area (Å²) in [6.07, 6.45) is 5.16. The molecule has 6 heteroatoms. The molecule has 29 heavy (non-hydrogen) atoms. The SMILES string of the molecule is Cc1[nH]c(/C=C2\C(=O)Nc3ccc(F)cc32)c(C)c1CC(=O)CCN1CCCC1. The Hall–Kier alpha value is -2.73. The Bertz CT molecular complexity index is 1000. The Kier molecular flexibility index (Phi) is 5.37. The van der Waals surface area contributed by atoms with Crippen molar-refractivity contribution in [2.75, 3.05) is 25.0 Å². The van der Waals surface area contributed by atoms with Gasteiger partial charge in [-0.1, -0.05) is 0 Å². The van der Waals surface area contributed by atoms with Crippen molar-refractivity contribution in [3.63, 3.8) is 0 Å². The van der Waals surface area contributed by atoms with Crippen molar-refractivity contribution in [2.24, 2.45) is 0 Å². The van der Waals surface area contributed by atoms with Crippen molar-refractivity contribution >= 4 is 29.0 Å². The highest BCUT2D eigenvalue weighted by atomic mass is 19.1. The van der Waals surface area contributed by atoms with E-state index in [0.29, 0.717) is 29.7 Å². The number of nitrogens with zero attached hydrogens (tertiary/aromatic N) is 1. The van der Waals surface area contributed by atoms with Gasteiger partial charge in [0.15, 0.2) is 0 Å². The number of hydrogen-bond donors (Lipinski definition) is 2. The zero-order chi connectivity index (χ0) is 20.5. The molecule has 152 valence electrons. The van der Waals surface area contributed by atoms with Crippen LogP contribution in [0.25, 0.3) is 11.6 Å². The molecule has 2 aliphatic heterocycles. The molecular weight excluding hydrogens is 369 g/mol. The molecule has 0 unspecified atom stereocenters. The van der Waals surface area contributed by atoms with Gasteiger partial charge in [-0.2, -0.15) is 0 Å². The molecule has 1 fully saturated rings. The number of carbonyl (C=O) groups excluding carboxylic acids is 2. The van der Waals surface area contributed by atoms with Crippen LogP contribution >= 0.6 is 0 Å². The number of H-pyrrole nitrogens is 1. The van der Waals surface area contributed by atoms with Gasteiger partial charge in [0.2, 0.25) is 0 Å². The van der Waals surface area contributed by atoms with E-state index >= 15 is 0 Å². The molecular formula is C23H26FN3O2. The van der Waals surface area contributed by atoms with Crippen LogP contribution in [0.3, 0.4) is 0 Å². The first-order valence-electron chi connectivity index (χ1n) is 10.2. The van der Waals surface area contributed by atoms with Gasteiger partial charge in [0.25, 0.3) is 5.91 Å². The standard InChI is InChI=1S/C23H26FN3O2/c1-14-18(12-17(28)7-10-27-8-3-4-9-27)15(2)25-22(14)13-20-19-11-16(24)5-6-21(19)26-23(20)29/h5-6,11,13,25H,3-4,7-10,12H2,1-2H3,(H,26,29)/b20-13-. The quantitative estimate of drug-likeness (QED) is 0.730. The fourth-order valence-corrected chi connectivity index (χ4v) is 4.25. The van der Waals surface area contributed by atoms with E-state index < -0.39 is 0 Å². The summed E-state index contributed by atoms with van der Waals surface area (Å²) in [5.74, 6) is -0.400. The molecule has 4 rings (SSSR count). The summed E-state index contributed by atoms with van der Waals surface area (Å²) in [6.45, 7) is 6.92. The number of benzene rings is 1. The summed E-state index contributed by atoms with van der Waals surface area (Å²) >= 11 is 0. The number of fused-ring (bicyclic) bond motifs is 1. The maximum atomic E-state index is 13.7. The van der Waals surface area contributed by atoms with Gasteiger partial charge in [0.1, 0.15) is 11.6 Å². The van der Waals surface area contributed by atoms with Crippen molar-refractivity contribution in [3.8, 4) is 0 Å². The third kappa shape index (κ3) is 4.03. The van der Waals surface area contributed by atoms with Gasteiger partial charge in [-0.05, 0) is 75.2 Å². The smallest absolute Gasteiger partial charge is 0.256 e. The third-order valence-electron chi connectivity index (χ3n) is 5.96. The summed E-state index contributed by atoms with van der Waals surface area (Å²) in [5.41, 5.74) is 5.26. The highest BCUT2D eigenvalue weighted by Crippen LogP contribution is 2.34. The lowest BCUT2D eigenvalue weighted by atomic mass is 10.0. The maximum Gasteiger partial charge on any atom is 0.256 e. The fourth-order valence-electron chi connectivity index (χ4n) is 4.25. The summed E-state index contributed by atoms with van der Waals surface area (Å²) in [7, 11) is 0. The normalized spacial score (nSPS) is 17.8. The van der Waals surface area contributed by atoms with Crippen LogP contribution in [0, 0.1) is 19.7 Å². The minimum absolute atomic E-state index is 0.229. The first-order valence-corrected chi connectivity index (χ1v) is 10.2. The molecule has 2 N–H and O–H groups in total. The number of ketones is 1. The Labute approximate surface area is 170 Å². The van der Waals surface area contributed by atoms with Crippen LogP contribution in [0.4, 0.5) is 10.1 Å². The third-order valence-corrected chi connectivity index (χ3v) is 5.96. The number of aryl methyl sites for hydroxylation is 1. The number of aromatic amines is 1. The molecule has 1 amide bonds. The largest absolute Gasteiger partial charge is 0.359 e. The van der Waals surface area contributed by atoms with E-state index in [0.717, 1.165) is 42.1 Å². The molecule has 0 bridgehead atoms. The Balaban J connectivity index is 1.53. The van der Waals surface area contributed by atoms with Crippen LogP contribution in [-0.4, -0.2) is 41.2 Å². The highest BCUT2D eigenvalue weighted by Gasteiger charge is 2.25. The van der Waals surface area contributed by atoms with Crippen LogP contribution in [-0.2, 0) is 16.0 Å². The number of hydrogen-bond acceptors (Lipinski definition) is 3. The van der Waals surface area contributed by atoms with Crippen molar-refractivity contribution in [1.82, 2.24) is 9.88 Å². The zero-order valence-electron chi connectivity index (χ0n) is 16.9. The van der Waals surface area contributed by atoms with E-state index in [1.54, 1.807) is 12.1 Å². The first kappa shape index (κ1) is 19.6. The predicted molar refractivity (Wildman–Crippen MR) is 112 cm³/mol. The van der Waals surface area contributed by atoms with Gasteiger partial charge in [-0.15, -0.1) is 0 Å². The number of carbonyl (C=O) groups is 2. The lowest BCUT2D eigenvalue weighted by molar-refractivity contribution is -0.118. The second kappa shape index (κ2) is 7.95. The number of Topliss-reactive ketones (excluding diaryl/α,β-unsaturated/α-hetero) is 1. The molecule has 0 radical (unpaired) electrons. The highest BCUT2D eigenvalue weighted by molar-refractivity contribution is 6.34. The molecule has 2 aliphatic rings. The number of amides is 1. The van der Waals surface area contributed by atoms with Gasteiger partial charge in [-0.25, -0.2) is 4.39 Å². The van der Waals surface area contributed by atoms with Crippen LogP contribution in [0.1, 0.15) is 47.3 Å². The van der Waals surface area contributed by atoms with Crippen molar-refractivity contribution in [1.29, 1.82) is 0 Å². The number of rotatable bonds is 6. The maximum absolute atomic E-state index is 13.7. The molecule has 2 aromatic rings. The van der Waals surface area contributed by atoms with Crippen molar-refractivity contribution < 1.29 is 14.0 Å². The van der Waals surface area contributed by atoms with Gasteiger partial charge in [-0.3, -0.25) is 9.59 Å². The summed E-state index contributed by atoms with van der Waals surface area (Å²) in [6, 6.07) is 4.27. The zero-order valence-corrected chi connectivity index (χ0v) is 16.9. The molecule has 0 atom stereocenters. The molecule has 3 heterocycles. The van der Waals surface area contributed by atoms with Crippen molar-refractivity contribution in [2.45, 2.75) is 39.5 Å². The lowest BCUT2D eigenvalue weighted by Gasteiger charge is -2.13. The molecule has 5 nitrogen and oxygen atoms in total. The Morgan fingerprint density at radius 2 is 2.00 bits per heavy atom. The minimum atomic E-state index is -0.380. The van der Waals surface area contributed by atoms with Crippen molar-refractivity contribution in [3.05, 3.63) is 52.1 Å².